The third-order valence-electron chi connectivity index (χ3n) is 5.87. The number of unbranched alkanes of at least 4 members (excludes halogenated alkanes) is 4. The molecule has 34 heavy (non-hydrogen) atoms. The van der Waals surface area contributed by atoms with Crippen LogP contribution >= 0.6 is 0 Å². The van der Waals surface area contributed by atoms with Gasteiger partial charge < -0.3 is 19.7 Å². The van der Waals surface area contributed by atoms with Crippen LogP contribution in [0.1, 0.15) is 57.9 Å². The molecule has 0 aliphatic heterocycles. The van der Waals surface area contributed by atoms with Crippen molar-refractivity contribution in [2.75, 3.05) is 13.2 Å². The summed E-state index contributed by atoms with van der Waals surface area (Å²) in [7, 11) is 0. The Balaban J connectivity index is 1.88. The van der Waals surface area contributed by atoms with Crippen molar-refractivity contribution < 1.29 is 24.6 Å². The third-order valence-corrected chi connectivity index (χ3v) is 5.87. The summed E-state index contributed by atoms with van der Waals surface area (Å²) in [6.45, 7) is 5.60. The molecule has 0 atom stereocenters. The lowest BCUT2D eigenvalue weighted by atomic mass is 10.1. The molecule has 0 spiro atoms. The standard InChI is InChI=1S/C26H34N2O6/c1-3-5-7-17-33-22-14-13-21-23(24(22)34-18-8-6-4-2)26(30)27(25(21)29)16-15-19-9-11-20(12-10-19)28(31)32/h9-14,29-30H,3-8,15-18H2,1-2H3. The summed E-state index contributed by atoms with van der Waals surface area (Å²) >= 11 is 0. The Morgan fingerprint density at radius 1 is 0.882 bits per heavy atom. The zero-order valence-corrected chi connectivity index (χ0v) is 20.0. The minimum atomic E-state index is -0.440. The predicted molar refractivity (Wildman–Crippen MR) is 132 cm³/mol. The first-order valence-electron chi connectivity index (χ1n) is 12.0. The van der Waals surface area contributed by atoms with Gasteiger partial charge >= 0.3 is 0 Å². The number of hydrogen-bond donors (Lipinski definition) is 2. The molecule has 0 saturated heterocycles. The number of aromatic nitrogens is 1. The molecule has 0 bridgehead atoms. The van der Waals surface area contributed by atoms with E-state index in [1.807, 2.05) is 0 Å². The largest absolute Gasteiger partial charge is 0.494 e. The molecule has 8 heteroatoms. The van der Waals surface area contributed by atoms with Gasteiger partial charge in [-0.2, -0.15) is 0 Å². The van der Waals surface area contributed by atoms with Crippen LogP contribution in [-0.4, -0.2) is 32.9 Å². The molecule has 0 aliphatic carbocycles. The molecule has 1 aromatic heterocycles. The summed E-state index contributed by atoms with van der Waals surface area (Å²) in [6.07, 6.45) is 6.56. The van der Waals surface area contributed by atoms with Crippen molar-refractivity contribution in [3.8, 4) is 23.3 Å². The number of aromatic hydroxyl groups is 2. The number of benzene rings is 2. The normalized spacial score (nSPS) is 11.1. The number of ether oxygens (including phenoxy) is 2. The van der Waals surface area contributed by atoms with Crippen molar-refractivity contribution >= 4 is 16.5 Å². The molecule has 2 aromatic carbocycles. The summed E-state index contributed by atoms with van der Waals surface area (Å²) < 4.78 is 13.5. The maximum Gasteiger partial charge on any atom is 0.269 e. The summed E-state index contributed by atoms with van der Waals surface area (Å²) in [5.74, 6) is 0.874. The highest BCUT2D eigenvalue weighted by Crippen LogP contribution is 2.46. The van der Waals surface area contributed by atoms with E-state index in [1.54, 1.807) is 24.3 Å². The number of hydrogen-bond acceptors (Lipinski definition) is 6. The van der Waals surface area contributed by atoms with Gasteiger partial charge in [0.1, 0.15) is 0 Å². The van der Waals surface area contributed by atoms with Crippen LogP contribution in [0.4, 0.5) is 5.69 Å². The minimum Gasteiger partial charge on any atom is -0.494 e. The molecule has 0 amide bonds. The molecule has 3 aromatic rings. The van der Waals surface area contributed by atoms with Crippen LogP contribution in [0.5, 0.6) is 23.3 Å². The SMILES string of the molecule is CCCCCOc1ccc2c(O)n(CCc3ccc([N+](=O)[O-])cc3)c(O)c2c1OCCCCC. The molecule has 184 valence electrons. The maximum absolute atomic E-state index is 11.1. The second-order valence-corrected chi connectivity index (χ2v) is 8.40. The molecular formula is C26H34N2O6. The average molecular weight is 471 g/mol. The quantitative estimate of drug-likeness (QED) is 0.162. The van der Waals surface area contributed by atoms with Crippen molar-refractivity contribution in [1.82, 2.24) is 4.57 Å². The maximum atomic E-state index is 11.1. The Morgan fingerprint density at radius 3 is 2.15 bits per heavy atom. The molecule has 1 heterocycles. The lowest BCUT2D eigenvalue weighted by Gasteiger charge is -2.14. The molecule has 2 N–H and O–H groups in total. The summed E-state index contributed by atoms with van der Waals surface area (Å²) in [5.41, 5.74) is 0.885. The van der Waals surface area contributed by atoms with Gasteiger partial charge in [0, 0.05) is 18.7 Å². The fourth-order valence-electron chi connectivity index (χ4n) is 3.91. The number of non-ortho nitro benzene ring substituents is 1. The van der Waals surface area contributed by atoms with E-state index in [1.165, 1.54) is 16.7 Å². The van der Waals surface area contributed by atoms with Crippen molar-refractivity contribution in [2.45, 2.75) is 65.3 Å². The summed E-state index contributed by atoms with van der Waals surface area (Å²) in [4.78, 5) is 10.4. The van der Waals surface area contributed by atoms with Crippen molar-refractivity contribution in [2.24, 2.45) is 0 Å². The van der Waals surface area contributed by atoms with Gasteiger partial charge in [0.05, 0.1) is 28.9 Å². The van der Waals surface area contributed by atoms with E-state index in [2.05, 4.69) is 13.8 Å². The van der Waals surface area contributed by atoms with E-state index in [4.69, 9.17) is 9.47 Å². The fraction of sp³-hybridized carbons (Fsp3) is 0.462. The van der Waals surface area contributed by atoms with E-state index in [0.29, 0.717) is 48.5 Å². The highest BCUT2D eigenvalue weighted by atomic mass is 16.6. The number of aryl methyl sites for hydroxylation is 1. The van der Waals surface area contributed by atoms with E-state index >= 15 is 0 Å². The van der Waals surface area contributed by atoms with Crippen molar-refractivity contribution in [3.63, 3.8) is 0 Å². The Kier molecular flexibility index (Phi) is 9.01. The van der Waals surface area contributed by atoms with Gasteiger partial charge in [-0.3, -0.25) is 14.7 Å². The second kappa shape index (κ2) is 12.2. The van der Waals surface area contributed by atoms with Crippen molar-refractivity contribution in [1.29, 1.82) is 0 Å². The first kappa shape index (κ1) is 25.2. The Bertz CT molecular complexity index is 1090. The smallest absolute Gasteiger partial charge is 0.269 e. The van der Waals surface area contributed by atoms with Crippen LogP contribution < -0.4 is 9.47 Å². The highest BCUT2D eigenvalue weighted by molar-refractivity contribution is 5.99. The van der Waals surface area contributed by atoms with Gasteiger partial charge in [-0.15, -0.1) is 0 Å². The van der Waals surface area contributed by atoms with Crippen LogP contribution in [0.2, 0.25) is 0 Å². The topological polar surface area (TPSA) is 107 Å². The molecule has 0 aliphatic rings. The number of rotatable bonds is 14. The van der Waals surface area contributed by atoms with Gasteiger partial charge in [-0.25, -0.2) is 0 Å². The van der Waals surface area contributed by atoms with Gasteiger partial charge in [0.15, 0.2) is 11.5 Å². The van der Waals surface area contributed by atoms with E-state index in [0.717, 1.165) is 44.1 Å². The van der Waals surface area contributed by atoms with Crippen LogP contribution in [0.3, 0.4) is 0 Å². The van der Waals surface area contributed by atoms with Crippen LogP contribution in [0, 0.1) is 10.1 Å². The van der Waals surface area contributed by atoms with E-state index < -0.39 is 4.92 Å². The second-order valence-electron chi connectivity index (χ2n) is 8.40. The zero-order valence-electron chi connectivity index (χ0n) is 20.0. The predicted octanol–water partition coefficient (Wildman–Crippen LogP) is 6.34. The molecule has 0 fully saturated rings. The number of fused-ring (bicyclic) bond motifs is 1. The molecular weight excluding hydrogens is 436 g/mol. The Hall–Kier alpha value is -3.42. The summed E-state index contributed by atoms with van der Waals surface area (Å²) in [5, 5.41) is 33.7. The van der Waals surface area contributed by atoms with E-state index in [9.17, 15) is 20.3 Å². The van der Waals surface area contributed by atoms with Crippen molar-refractivity contribution in [3.05, 3.63) is 52.1 Å². The Labute approximate surface area is 199 Å². The molecule has 0 unspecified atom stereocenters. The lowest BCUT2D eigenvalue weighted by molar-refractivity contribution is -0.384. The van der Waals surface area contributed by atoms with Gasteiger partial charge in [0.2, 0.25) is 11.8 Å². The van der Waals surface area contributed by atoms with Gasteiger partial charge in [0.25, 0.3) is 5.69 Å². The van der Waals surface area contributed by atoms with Gasteiger partial charge in [-0.1, -0.05) is 51.7 Å². The molecule has 3 rings (SSSR count). The third kappa shape index (κ3) is 5.92. The molecule has 8 nitrogen and oxygen atoms in total. The van der Waals surface area contributed by atoms with Crippen LogP contribution in [0.15, 0.2) is 36.4 Å². The van der Waals surface area contributed by atoms with Gasteiger partial charge in [-0.05, 0) is 37.0 Å². The minimum absolute atomic E-state index is 0.0254. The molecule has 0 saturated carbocycles. The zero-order chi connectivity index (χ0) is 24.5. The average Bonchev–Trinajstić information content (AvgIpc) is 3.08. The first-order chi connectivity index (χ1) is 16.5. The number of nitro groups is 1. The molecule has 0 radical (unpaired) electrons. The number of nitro benzene ring substituents is 1. The monoisotopic (exact) mass is 470 g/mol. The first-order valence-corrected chi connectivity index (χ1v) is 12.0. The summed E-state index contributed by atoms with van der Waals surface area (Å²) in [6, 6.07) is 9.78. The highest BCUT2D eigenvalue weighted by Gasteiger charge is 2.23. The number of nitrogens with zero attached hydrogens (tertiary/aromatic N) is 2. The lowest BCUT2D eigenvalue weighted by Crippen LogP contribution is -2.03. The van der Waals surface area contributed by atoms with Crippen LogP contribution in [-0.2, 0) is 13.0 Å². The van der Waals surface area contributed by atoms with E-state index in [-0.39, 0.29) is 17.4 Å². The fourth-order valence-corrected chi connectivity index (χ4v) is 3.91. The Morgan fingerprint density at radius 2 is 1.53 bits per heavy atom. The van der Waals surface area contributed by atoms with Crippen LogP contribution in [0.25, 0.3) is 10.8 Å².